The number of carbonyl (C=O) groups excluding carboxylic acids is 1. The van der Waals surface area contributed by atoms with Gasteiger partial charge in [0, 0.05) is 0 Å². The van der Waals surface area contributed by atoms with E-state index < -0.39 is 15.0 Å². The van der Waals surface area contributed by atoms with E-state index in [4.69, 9.17) is 11.6 Å². The van der Waals surface area contributed by atoms with Crippen LogP contribution in [0.2, 0.25) is 5.02 Å². The molecule has 1 aromatic carbocycles. The Labute approximate surface area is 85.8 Å². The van der Waals surface area contributed by atoms with E-state index in [9.17, 15) is 13.2 Å². The van der Waals surface area contributed by atoms with Crippen molar-refractivity contribution in [2.45, 2.75) is 4.90 Å². The monoisotopic (exact) mass is 231 g/mol. The van der Waals surface area contributed by atoms with Gasteiger partial charge < -0.3 is 5.32 Å². The Morgan fingerprint density at radius 3 is 2.79 bits per heavy atom. The quantitative estimate of drug-likeness (QED) is 0.726. The van der Waals surface area contributed by atoms with E-state index in [2.05, 4.69) is 5.32 Å². The summed E-state index contributed by atoms with van der Waals surface area (Å²) in [6, 6.07) is 4.64. The van der Waals surface area contributed by atoms with Gasteiger partial charge >= 0.3 is 0 Å². The van der Waals surface area contributed by atoms with Crippen molar-refractivity contribution in [3.05, 3.63) is 23.2 Å². The molecular weight excluding hydrogens is 226 g/mol. The molecule has 2 rings (SSSR count). The second-order valence-corrected chi connectivity index (χ2v) is 5.12. The Balaban J connectivity index is 2.81. The molecule has 6 heteroatoms. The molecule has 1 aromatic rings. The third-order valence-corrected chi connectivity index (χ3v) is 4.11. The Morgan fingerprint density at radius 1 is 1.36 bits per heavy atom. The van der Waals surface area contributed by atoms with E-state index in [1.54, 1.807) is 12.1 Å². The first kappa shape index (κ1) is 9.48. The van der Waals surface area contributed by atoms with Gasteiger partial charge in [0.1, 0.15) is 4.90 Å². The molecule has 0 bridgehead atoms. The Morgan fingerprint density at radius 2 is 2.07 bits per heavy atom. The summed E-state index contributed by atoms with van der Waals surface area (Å²) in [4.78, 5) is 11.0. The molecule has 0 saturated heterocycles. The highest BCUT2D eigenvalue weighted by Crippen LogP contribution is 2.32. The smallest absolute Gasteiger partial charge is 0.270 e. The minimum atomic E-state index is -3.88. The van der Waals surface area contributed by atoms with E-state index in [0.29, 0.717) is 5.69 Å². The van der Waals surface area contributed by atoms with Gasteiger partial charge in [0.2, 0.25) is 9.84 Å². The summed E-state index contributed by atoms with van der Waals surface area (Å²) in [6.45, 7) is -0.199. The third kappa shape index (κ3) is 1.20. The fraction of sp³-hybridized carbons (Fsp3) is 0.125. The number of benzene rings is 1. The predicted octanol–water partition coefficient (Wildman–Crippen LogP) is 1.07. The zero-order chi connectivity index (χ0) is 10.3. The number of carbonyl (C=O) groups is 1. The summed E-state index contributed by atoms with van der Waals surface area (Å²) in [7, 11) is -3.88. The Bertz CT molecular complexity index is 509. The van der Waals surface area contributed by atoms with E-state index in [0.717, 1.165) is 0 Å². The van der Waals surface area contributed by atoms with Crippen LogP contribution in [-0.2, 0) is 14.6 Å². The SMILES string of the molecule is O=C1CNc2cccc(Cl)c2S1(=O)=O. The lowest BCUT2D eigenvalue weighted by atomic mass is 10.3. The molecule has 0 unspecified atom stereocenters. The van der Waals surface area contributed by atoms with Crippen molar-refractivity contribution in [3.8, 4) is 0 Å². The molecular formula is C8H6ClNO3S. The van der Waals surface area contributed by atoms with Crippen molar-refractivity contribution >= 4 is 32.2 Å². The third-order valence-electron chi connectivity index (χ3n) is 1.96. The van der Waals surface area contributed by atoms with Crippen LogP contribution >= 0.6 is 11.6 Å². The molecule has 0 fully saturated rings. The number of hydrogen-bond acceptors (Lipinski definition) is 4. The molecule has 0 amide bonds. The number of anilines is 1. The summed E-state index contributed by atoms with van der Waals surface area (Å²) >= 11 is 5.72. The van der Waals surface area contributed by atoms with Gasteiger partial charge in [-0.05, 0) is 12.1 Å². The van der Waals surface area contributed by atoms with E-state index >= 15 is 0 Å². The summed E-state index contributed by atoms with van der Waals surface area (Å²) < 4.78 is 23.1. The maximum atomic E-state index is 11.6. The number of halogens is 1. The molecule has 0 spiro atoms. The van der Waals surface area contributed by atoms with Gasteiger partial charge in [0.05, 0.1) is 17.3 Å². The van der Waals surface area contributed by atoms with E-state index in [1.807, 2.05) is 0 Å². The summed E-state index contributed by atoms with van der Waals surface area (Å²) in [5.41, 5.74) is 0.386. The minimum absolute atomic E-state index is 0.0723. The summed E-state index contributed by atoms with van der Waals surface area (Å²) in [5.74, 6) is 0. The number of rotatable bonds is 0. The number of hydrogen-bond donors (Lipinski definition) is 1. The first-order valence-corrected chi connectivity index (χ1v) is 5.70. The molecule has 0 atom stereocenters. The number of fused-ring (bicyclic) bond motifs is 1. The highest BCUT2D eigenvalue weighted by Gasteiger charge is 2.33. The molecule has 1 heterocycles. The second-order valence-electron chi connectivity index (χ2n) is 2.85. The van der Waals surface area contributed by atoms with Gasteiger partial charge in [-0.25, -0.2) is 8.42 Å². The van der Waals surface area contributed by atoms with Gasteiger partial charge in [-0.3, -0.25) is 4.79 Å². The molecule has 0 saturated carbocycles. The van der Waals surface area contributed by atoms with Gasteiger partial charge in [0.15, 0.2) is 0 Å². The fourth-order valence-corrected chi connectivity index (χ4v) is 3.02. The Kier molecular flexibility index (Phi) is 2.01. The minimum Gasteiger partial charge on any atom is -0.376 e. The molecule has 1 aliphatic heterocycles. The van der Waals surface area contributed by atoms with E-state index in [-0.39, 0.29) is 16.5 Å². The van der Waals surface area contributed by atoms with Crippen LogP contribution in [0.1, 0.15) is 0 Å². The van der Waals surface area contributed by atoms with Crippen LogP contribution < -0.4 is 5.32 Å². The van der Waals surface area contributed by atoms with Crippen LogP contribution in [0, 0.1) is 0 Å². The molecule has 0 aromatic heterocycles. The second kappa shape index (κ2) is 2.96. The zero-order valence-corrected chi connectivity index (χ0v) is 8.52. The van der Waals surface area contributed by atoms with E-state index in [1.165, 1.54) is 6.07 Å². The van der Waals surface area contributed by atoms with Crippen LogP contribution in [0.25, 0.3) is 0 Å². The topological polar surface area (TPSA) is 63.2 Å². The van der Waals surface area contributed by atoms with Crippen molar-refractivity contribution in [3.63, 3.8) is 0 Å². The van der Waals surface area contributed by atoms with Crippen molar-refractivity contribution in [2.75, 3.05) is 11.9 Å². The van der Waals surface area contributed by atoms with Crippen LogP contribution in [-0.4, -0.2) is 20.1 Å². The molecule has 74 valence electrons. The largest absolute Gasteiger partial charge is 0.376 e. The number of sulfone groups is 1. The maximum Gasteiger partial charge on any atom is 0.270 e. The fourth-order valence-electron chi connectivity index (χ4n) is 1.30. The summed E-state index contributed by atoms with van der Waals surface area (Å²) in [6.07, 6.45) is 0. The molecule has 0 radical (unpaired) electrons. The van der Waals surface area contributed by atoms with Crippen molar-refractivity contribution in [1.29, 1.82) is 0 Å². The molecule has 1 aliphatic rings. The lowest BCUT2D eigenvalue weighted by Crippen LogP contribution is -2.29. The number of nitrogens with one attached hydrogen (secondary N) is 1. The van der Waals surface area contributed by atoms with Crippen LogP contribution in [0.5, 0.6) is 0 Å². The van der Waals surface area contributed by atoms with Crippen LogP contribution in [0.3, 0.4) is 0 Å². The van der Waals surface area contributed by atoms with Crippen LogP contribution in [0.4, 0.5) is 5.69 Å². The zero-order valence-electron chi connectivity index (χ0n) is 6.95. The van der Waals surface area contributed by atoms with Gasteiger partial charge in [0.25, 0.3) is 5.12 Å². The van der Waals surface area contributed by atoms with Crippen molar-refractivity contribution < 1.29 is 13.2 Å². The average molecular weight is 232 g/mol. The average Bonchev–Trinajstić information content (AvgIpc) is 2.11. The predicted molar refractivity (Wildman–Crippen MR) is 52.1 cm³/mol. The summed E-state index contributed by atoms with van der Waals surface area (Å²) in [5, 5.41) is 1.92. The van der Waals surface area contributed by atoms with Crippen molar-refractivity contribution in [2.24, 2.45) is 0 Å². The standard InChI is InChI=1S/C8H6ClNO3S/c9-5-2-1-3-6-8(5)14(12,13)7(11)4-10-6/h1-3,10H,4H2. The maximum absolute atomic E-state index is 11.6. The normalized spacial score (nSPS) is 18.5. The highest BCUT2D eigenvalue weighted by molar-refractivity contribution is 8.06. The first-order valence-electron chi connectivity index (χ1n) is 3.84. The van der Waals surface area contributed by atoms with Gasteiger partial charge in [-0.1, -0.05) is 17.7 Å². The molecule has 14 heavy (non-hydrogen) atoms. The highest BCUT2D eigenvalue weighted by atomic mass is 35.5. The molecule has 1 N–H and O–H groups in total. The van der Waals surface area contributed by atoms with Gasteiger partial charge in [-0.15, -0.1) is 0 Å². The van der Waals surface area contributed by atoms with Crippen LogP contribution in [0.15, 0.2) is 23.1 Å². The first-order chi connectivity index (χ1) is 6.53. The van der Waals surface area contributed by atoms with Gasteiger partial charge in [-0.2, -0.15) is 0 Å². The van der Waals surface area contributed by atoms with Crippen molar-refractivity contribution in [1.82, 2.24) is 0 Å². The lowest BCUT2D eigenvalue weighted by molar-refractivity contribution is -0.110. The lowest BCUT2D eigenvalue weighted by Gasteiger charge is -2.17. The molecule has 0 aliphatic carbocycles. The molecule has 4 nitrogen and oxygen atoms in total. The Hall–Kier alpha value is -1.07.